The second-order valence-electron chi connectivity index (χ2n) is 4.44. The van der Waals surface area contributed by atoms with Crippen molar-refractivity contribution in [2.75, 3.05) is 13.1 Å². The standard InChI is InChI=1S/C10H17N3O2S2/c1-7-5-13(6-8(2)16-7)17(14,15)10-4-11-12-9(10)3/h4,7-8H,5-6H2,1-3H3,(H,11,12). The number of aryl methyl sites for hydroxylation is 1. The number of sulfonamides is 1. The smallest absolute Gasteiger partial charge is 0.246 e. The number of aromatic amines is 1. The number of rotatable bonds is 2. The van der Waals surface area contributed by atoms with Gasteiger partial charge in [-0.15, -0.1) is 0 Å². The van der Waals surface area contributed by atoms with Gasteiger partial charge in [0.15, 0.2) is 0 Å². The summed E-state index contributed by atoms with van der Waals surface area (Å²) in [5.74, 6) is 0. The average Bonchev–Trinajstić information content (AvgIpc) is 2.63. The molecule has 2 rings (SSSR count). The van der Waals surface area contributed by atoms with Crippen LogP contribution in [0.4, 0.5) is 0 Å². The first kappa shape index (κ1) is 12.9. The van der Waals surface area contributed by atoms with E-state index in [0.717, 1.165) is 0 Å². The molecular weight excluding hydrogens is 258 g/mol. The lowest BCUT2D eigenvalue weighted by Gasteiger charge is -2.33. The van der Waals surface area contributed by atoms with E-state index in [-0.39, 0.29) is 0 Å². The lowest BCUT2D eigenvalue weighted by molar-refractivity contribution is 0.404. The van der Waals surface area contributed by atoms with Crippen molar-refractivity contribution in [2.24, 2.45) is 0 Å². The maximum Gasteiger partial charge on any atom is 0.246 e. The van der Waals surface area contributed by atoms with Crippen molar-refractivity contribution >= 4 is 21.8 Å². The average molecular weight is 275 g/mol. The van der Waals surface area contributed by atoms with E-state index in [2.05, 4.69) is 24.0 Å². The first-order valence-corrected chi connectivity index (χ1v) is 7.95. The van der Waals surface area contributed by atoms with Crippen molar-refractivity contribution in [1.29, 1.82) is 0 Å². The van der Waals surface area contributed by atoms with Crippen LogP contribution in [0.3, 0.4) is 0 Å². The summed E-state index contributed by atoms with van der Waals surface area (Å²) >= 11 is 1.83. The van der Waals surface area contributed by atoms with Crippen LogP contribution in [0.2, 0.25) is 0 Å². The maximum atomic E-state index is 12.4. The van der Waals surface area contributed by atoms with Gasteiger partial charge in [0, 0.05) is 23.6 Å². The molecule has 1 aromatic heterocycles. The molecule has 2 heterocycles. The van der Waals surface area contributed by atoms with Gasteiger partial charge in [-0.2, -0.15) is 21.2 Å². The fourth-order valence-corrected chi connectivity index (χ4v) is 5.32. The molecule has 0 radical (unpaired) electrons. The van der Waals surface area contributed by atoms with E-state index in [9.17, 15) is 8.42 Å². The van der Waals surface area contributed by atoms with Crippen molar-refractivity contribution < 1.29 is 8.42 Å². The van der Waals surface area contributed by atoms with Gasteiger partial charge in [0.1, 0.15) is 4.90 Å². The first-order chi connectivity index (χ1) is 7.91. The highest BCUT2D eigenvalue weighted by atomic mass is 32.2. The molecule has 7 heteroatoms. The molecule has 0 amide bonds. The lowest BCUT2D eigenvalue weighted by atomic mass is 10.4. The summed E-state index contributed by atoms with van der Waals surface area (Å²) in [7, 11) is -3.39. The van der Waals surface area contributed by atoms with Crippen molar-refractivity contribution in [3.05, 3.63) is 11.9 Å². The van der Waals surface area contributed by atoms with Gasteiger partial charge in [-0.05, 0) is 6.92 Å². The van der Waals surface area contributed by atoms with Gasteiger partial charge in [-0.25, -0.2) is 8.42 Å². The number of hydrogen-bond donors (Lipinski definition) is 1. The van der Waals surface area contributed by atoms with Crippen LogP contribution in [0, 0.1) is 6.92 Å². The van der Waals surface area contributed by atoms with Crippen LogP contribution in [-0.4, -0.2) is 46.5 Å². The van der Waals surface area contributed by atoms with Crippen molar-refractivity contribution in [1.82, 2.24) is 14.5 Å². The van der Waals surface area contributed by atoms with Crippen LogP contribution in [-0.2, 0) is 10.0 Å². The first-order valence-electron chi connectivity index (χ1n) is 5.57. The molecule has 0 bridgehead atoms. The van der Waals surface area contributed by atoms with E-state index in [1.807, 2.05) is 11.8 Å². The van der Waals surface area contributed by atoms with E-state index in [1.54, 1.807) is 11.2 Å². The number of aromatic nitrogens is 2. The molecule has 17 heavy (non-hydrogen) atoms. The van der Waals surface area contributed by atoms with Crippen LogP contribution >= 0.6 is 11.8 Å². The number of nitrogens with zero attached hydrogens (tertiary/aromatic N) is 2. The topological polar surface area (TPSA) is 66.1 Å². The summed E-state index contributed by atoms with van der Waals surface area (Å²) in [6, 6.07) is 0. The normalized spacial score (nSPS) is 27.2. The Morgan fingerprint density at radius 1 is 1.41 bits per heavy atom. The van der Waals surface area contributed by atoms with Gasteiger partial charge in [0.2, 0.25) is 10.0 Å². The van der Waals surface area contributed by atoms with Gasteiger partial charge in [-0.3, -0.25) is 5.10 Å². The van der Waals surface area contributed by atoms with E-state index in [0.29, 0.717) is 34.2 Å². The molecule has 1 aliphatic heterocycles. The Morgan fingerprint density at radius 2 is 2.00 bits per heavy atom. The number of thioether (sulfide) groups is 1. The molecule has 2 atom stereocenters. The second-order valence-corrected chi connectivity index (χ2v) is 8.23. The summed E-state index contributed by atoms with van der Waals surface area (Å²) in [6.07, 6.45) is 1.39. The molecule has 0 saturated carbocycles. The maximum absolute atomic E-state index is 12.4. The predicted molar refractivity (Wildman–Crippen MR) is 68.6 cm³/mol. The Bertz CT molecular complexity index is 487. The van der Waals surface area contributed by atoms with Gasteiger partial charge < -0.3 is 0 Å². The summed E-state index contributed by atoms with van der Waals surface area (Å²) in [5.41, 5.74) is 0.600. The fourth-order valence-electron chi connectivity index (χ4n) is 2.07. The van der Waals surface area contributed by atoms with Crippen LogP contribution in [0.25, 0.3) is 0 Å². The Labute approximate surface area is 106 Å². The Balaban J connectivity index is 2.30. The van der Waals surface area contributed by atoms with Crippen molar-refractivity contribution in [3.63, 3.8) is 0 Å². The molecule has 1 saturated heterocycles. The molecule has 96 valence electrons. The number of nitrogens with one attached hydrogen (secondary N) is 1. The van der Waals surface area contributed by atoms with Gasteiger partial charge >= 0.3 is 0 Å². The molecule has 0 spiro atoms. The minimum Gasteiger partial charge on any atom is -0.281 e. The van der Waals surface area contributed by atoms with Crippen molar-refractivity contribution in [2.45, 2.75) is 36.2 Å². The Morgan fingerprint density at radius 3 is 2.47 bits per heavy atom. The third-order valence-electron chi connectivity index (χ3n) is 2.79. The summed E-state index contributed by atoms with van der Waals surface area (Å²) in [4.78, 5) is 0.295. The summed E-state index contributed by atoms with van der Waals surface area (Å²) < 4.78 is 26.4. The summed E-state index contributed by atoms with van der Waals surface area (Å²) in [5, 5.41) is 7.13. The molecule has 1 N–H and O–H groups in total. The number of H-pyrrole nitrogens is 1. The minimum atomic E-state index is -3.39. The third kappa shape index (κ3) is 2.51. The third-order valence-corrected chi connectivity index (χ3v) is 5.96. The molecule has 1 aliphatic rings. The highest BCUT2D eigenvalue weighted by Gasteiger charge is 2.33. The molecule has 1 aromatic rings. The lowest BCUT2D eigenvalue weighted by Crippen LogP contribution is -2.44. The van der Waals surface area contributed by atoms with Gasteiger partial charge in [0.05, 0.1) is 11.9 Å². The van der Waals surface area contributed by atoms with Crippen LogP contribution in [0.5, 0.6) is 0 Å². The van der Waals surface area contributed by atoms with Crippen molar-refractivity contribution in [3.8, 4) is 0 Å². The van der Waals surface area contributed by atoms with E-state index < -0.39 is 10.0 Å². The molecule has 5 nitrogen and oxygen atoms in total. The summed E-state index contributed by atoms with van der Waals surface area (Å²) in [6.45, 7) is 6.99. The molecule has 2 unspecified atom stereocenters. The Kier molecular flexibility index (Phi) is 3.51. The SMILES string of the molecule is Cc1[nH]ncc1S(=O)(=O)N1CC(C)SC(C)C1. The second kappa shape index (κ2) is 4.62. The molecule has 0 aromatic carbocycles. The van der Waals surface area contributed by atoms with E-state index in [4.69, 9.17) is 0 Å². The van der Waals surface area contributed by atoms with Crippen LogP contribution < -0.4 is 0 Å². The highest BCUT2D eigenvalue weighted by molar-refractivity contribution is 8.00. The predicted octanol–water partition coefficient (Wildman–Crippen LogP) is 1.23. The molecule has 1 fully saturated rings. The minimum absolute atomic E-state index is 0.295. The number of hydrogen-bond acceptors (Lipinski definition) is 4. The monoisotopic (exact) mass is 275 g/mol. The zero-order valence-electron chi connectivity index (χ0n) is 10.2. The van der Waals surface area contributed by atoms with Gasteiger partial charge in [-0.1, -0.05) is 13.8 Å². The van der Waals surface area contributed by atoms with Gasteiger partial charge in [0.25, 0.3) is 0 Å². The highest BCUT2D eigenvalue weighted by Crippen LogP contribution is 2.29. The fraction of sp³-hybridized carbons (Fsp3) is 0.700. The zero-order valence-corrected chi connectivity index (χ0v) is 11.8. The largest absolute Gasteiger partial charge is 0.281 e. The van der Waals surface area contributed by atoms with E-state index in [1.165, 1.54) is 6.20 Å². The zero-order chi connectivity index (χ0) is 12.6. The van der Waals surface area contributed by atoms with Crippen LogP contribution in [0.15, 0.2) is 11.1 Å². The van der Waals surface area contributed by atoms with E-state index >= 15 is 0 Å². The Hall–Kier alpha value is -0.530. The molecular formula is C10H17N3O2S2. The molecule has 0 aliphatic carbocycles. The quantitative estimate of drug-likeness (QED) is 0.881. The van der Waals surface area contributed by atoms with Crippen LogP contribution in [0.1, 0.15) is 19.5 Å².